The van der Waals surface area contributed by atoms with E-state index in [1.165, 1.54) is 16.9 Å². The molecule has 0 spiro atoms. The van der Waals surface area contributed by atoms with Gasteiger partial charge in [-0.3, -0.25) is 9.48 Å². The summed E-state index contributed by atoms with van der Waals surface area (Å²) in [7, 11) is 0. The normalized spacial score (nSPS) is 10.5. The van der Waals surface area contributed by atoms with E-state index < -0.39 is 11.9 Å². The number of hydrogen-bond donors (Lipinski definition) is 2. The third-order valence-corrected chi connectivity index (χ3v) is 3.20. The van der Waals surface area contributed by atoms with Crippen LogP contribution in [0.3, 0.4) is 0 Å². The molecule has 0 fully saturated rings. The molecule has 6 nitrogen and oxygen atoms in total. The average molecular weight is 294 g/mol. The lowest BCUT2D eigenvalue weighted by molar-refractivity contribution is 0.0695. The molecule has 0 atom stereocenters. The minimum absolute atomic E-state index is 0.148. The Labute approximate surface area is 119 Å². The van der Waals surface area contributed by atoms with Gasteiger partial charge in [-0.25, -0.2) is 4.79 Å². The van der Waals surface area contributed by atoms with E-state index in [0.717, 1.165) is 5.56 Å². The Hall–Kier alpha value is -2.34. The summed E-state index contributed by atoms with van der Waals surface area (Å²) in [6, 6.07) is 4.71. The summed E-state index contributed by atoms with van der Waals surface area (Å²) < 4.78 is 1.49. The largest absolute Gasteiger partial charge is 0.478 e. The minimum Gasteiger partial charge on any atom is -0.478 e. The van der Waals surface area contributed by atoms with Crippen LogP contribution in [-0.2, 0) is 6.54 Å². The Balaban J connectivity index is 2.28. The summed E-state index contributed by atoms with van der Waals surface area (Å²) in [5.74, 6) is -1.58. The first kappa shape index (κ1) is 14.1. The number of nitrogens with zero attached hydrogens (tertiary/aromatic N) is 2. The van der Waals surface area contributed by atoms with Crippen molar-refractivity contribution in [1.29, 1.82) is 0 Å². The van der Waals surface area contributed by atoms with Crippen molar-refractivity contribution in [2.75, 3.05) is 0 Å². The van der Waals surface area contributed by atoms with E-state index in [9.17, 15) is 9.59 Å². The van der Waals surface area contributed by atoms with Gasteiger partial charge in [0.1, 0.15) is 5.56 Å². The predicted molar refractivity (Wildman–Crippen MR) is 73.0 cm³/mol. The van der Waals surface area contributed by atoms with Crippen LogP contribution in [0.15, 0.2) is 24.4 Å². The number of aromatic carboxylic acids is 1. The van der Waals surface area contributed by atoms with Gasteiger partial charge in [-0.1, -0.05) is 17.7 Å². The summed E-state index contributed by atoms with van der Waals surface area (Å²) in [5.41, 5.74) is 6.78. The first-order valence-electron chi connectivity index (χ1n) is 5.74. The maximum atomic E-state index is 11.0. The first-order valence-corrected chi connectivity index (χ1v) is 6.12. The Kier molecular flexibility index (Phi) is 3.76. The van der Waals surface area contributed by atoms with Gasteiger partial charge in [-0.15, -0.1) is 0 Å². The Morgan fingerprint density at radius 3 is 2.65 bits per heavy atom. The van der Waals surface area contributed by atoms with Crippen LogP contribution in [0.25, 0.3) is 0 Å². The third kappa shape index (κ3) is 2.80. The lowest BCUT2D eigenvalue weighted by Crippen LogP contribution is -2.11. The number of amides is 1. The van der Waals surface area contributed by atoms with Crippen LogP contribution in [-0.4, -0.2) is 26.8 Å². The number of carbonyl (C=O) groups excluding carboxylic acids is 1. The number of halogens is 1. The van der Waals surface area contributed by atoms with Gasteiger partial charge in [0.2, 0.25) is 5.91 Å². The van der Waals surface area contributed by atoms with Crippen molar-refractivity contribution >= 4 is 23.5 Å². The van der Waals surface area contributed by atoms with Crippen molar-refractivity contribution in [3.63, 3.8) is 0 Å². The van der Waals surface area contributed by atoms with Gasteiger partial charge < -0.3 is 10.8 Å². The number of benzene rings is 1. The Bertz CT molecular complexity index is 694. The lowest BCUT2D eigenvalue weighted by Gasteiger charge is -2.06. The van der Waals surface area contributed by atoms with Crippen molar-refractivity contribution in [3.05, 3.63) is 51.8 Å². The van der Waals surface area contributed by atoms with Crippen molar-refractivity contribution in [1.82, 2.24) is 9.78 Å². The number of hydrogen-bond acceptors (Lipinski definition) is 3. The molecule has 1 amide bonds. The standard InChI is InChI=1S/C13H12ClN3O3/c1-7-10(13(19)20)6-17(16-7)5-9-3-2-8(12(15)18)4-11(9)14/h2-4,6H,5H2,1H3,(H2,15,18)(H,19,20). The van der Waals surface area contributed by atoms with Gasteiger partial charge in [0, 0.05) is 16.8 Å². The fourth-order valence-electron chi connectivity index (χ4n) is 1.81. The Morgan fingerprint density at radius 2 is 2.15 bits per heavy atom. The van der Waals surface area contributed by atoms with Gasteiger partial charge in [0.05, 0.1) is 12.2 Å². The van der Waals surface area contributed by atoms with Crippen LogP contribution >= 0.6 is 11.6 Å². The number of aryl methyl sites for hydroxylation is 1. The summed E-state index contributed by atoms with van der Waals surface area (Å²) in [4.78, 5) is 22.0. The van der Waals surface area contributed by atoms with Crippen LogP contribution in [0.1, 0.15) is 32.0 Å². The summed E-state index contributed by atoms with van der Waals surface area (Å²) in [5, 5.41) is 13.5. The molecule has 0 bridgehead atoms. The molecule has 1 aromatic heterocycles. The van der Waals surface area contributed by atoms with Crippen LogP contribution in [0.5, 0.6) is 0 Å². The highest BCUT2D eigenvalue weighted by molar-refractivity contribution is 6.31. The molecule has 2 rings (SSSR count). The number of aromatic nitrogens is 2. The molecule has 0 aliphatic heterocycles. The zero-order valence-electron chi connectivity index (χ0n) is 10.6. The first-order chi connectivity index (χ1) is 9.38. The zero-order valence-corrected chi connectivity index (χ0v) is 11.4. The molecular formula is C13H12ClN3O3. The highest BCUT2D eigenvalue weighted by Crippen LogP contribution is 2.19. The van der Waals surface area contributed by atoms with E-state index >= 15 is 0 Å². The second-order valence-corrected chi connectivity index (χ2v) is 4.71. The number of carbonyl (C=O) groups is 2. The van der Waals surface area contributed by atoms with Crippen LogP contribution in [0, 0.1) is 6.92 Å². The highest BCUT2D eigenvalue weighted by atomic mass is 35.5. The zero-order chi connectivity index (χ0) is 14.9. The monoisotopic (exact) mass is 293 g/mol. The van der Waals surface area contributed by atoms with Gasteiger partial charge in [-0.2, -0.15) is 5.10 Å². The molecule has 0 saturated carbocycles. The van der Waals surface area contributed by atoms with Crippen molar-refractivity contribution in [2.45, 2.75) is 13.5 Å². The SMILES string of the molecule is Cc1nn(Cc2ccc(C(N)=O)cc2Cl)cc1C(=O)O. The van der Waals surface area contributed by atoms with Gasteiger partial charge in [0.15, 0.2) is 0 Å². The Morgan fingerprint density at radius 1 is 1.45 bits per heavy atom. The predicted octanol–water partition coefficient (Wildman–Crippen LogP) is 1.69. The topological polar surface area (TPSA) is 98.2 Å². The number of nitrogens with two attached hydrogens (primary N) is 1. The average Bonchev–Trinajstić information content (AvgIpc) is 2.73. The molecule has 20 heavy (non-hydrogen) atoms. The van der Waals surface area contributed by atoms with Crippen LogP contribution < -0.4 is 5.73 Å². The molecule has 7 heteroatoms. The second kappa shape index (κ2) is 5.34. The summed E-state index contributed by atoms with van der Waals surface area (Å²) >= 11 is 6.07. The van der Waals surface area contributed by atoms with E-state index in [1.807, 2.05) is 0 Å². The van der Waals surface area contributed by atoms with E-state index in [-0.39, 0.29) is 5.56 Å². The number of primary amides is 1. The summed E-state index contributed by atoms with van der Waals surface area (Å²) in [6.07, 6.45) is 1.44. The van der Waals surface area contributed by atoms with E-state index in [2.05, 4.69) is 5.10 Å². The van der Waals surface area contributed by atoms with Gasteiger partial charge in [-0.05, 0) is 24.6 Å². The molecule has 0 radical (unpaired) electrons. The van der Waals surface area contributed by atoms with E-state index in [4.69, 9.17) is 22.4 Å². The van der Waals surface area contributed by atoms with Gasteiger partial charge in [0.25, 0.3) is 0 Å². The minimum atomic E-state index is -1.02. The van der Waals surface area contributed by atoms with Gasteiger partial charge >= 0.3 is 5.97 Å². The molecule has 2 aromatic rings. The van der Waals surface area contributed by atoms with E-state index in [1.54, 1.807) is 19.1 Å². The van der Waals surface area contributed by atoms with Crippen molar-refractivity contribution in [3.8, 4) is 0 Å². The fourth-order valence-corrected chi connectivity index (χ4v) is 2.05. The molecule has 0 aliphatic rings. The molecule has 3 N–H and O–H groups in total. The van der Waals surface area contributed by atoms with Crippen LogP contribution in [0.2, 0.25) is 5.02 Å². The maximum Gasteiger partial charge on any atom is 0.339 e. The molecule has 1 aromatic carbocycles. The maximum absolute atomic E-state index is 11.0. The highest BCUT2D eigenvalue weighted by Gasteiger charge is 2.13. The number of rotatable bonds is 4. The van der Waals surface area contributed by atoms with Crippen LogP contribution in [0.4, 0.5) is 0 Å². The number of carboxylic acid groups (broad SMARTS) is 1. The quantitative estimate of drug-likeness (QED) is 0.896. The van der Waals surface area contributed by atoms with Crippen molar-refractivity contribution in [2.24, 2.45) is 5.73 Å². The van der Waals surface area contributed by atoms with Crippen molar-refractivity contribution < 1.29 is 14.7 Å². The molecule has 0 saturated heterocycles. The number of carboxylic acids is 1. The molecule has 0 aliphatic carbocycles. The summed E-state index contributed by atoms with van der Waals surface area (Å²) in [6.45, 7) is 1.93. The fraction of sp³-hybridized carbons (Fsp3) is 0.154. The second-order valence-electron chi connectivity index (χ2n) is 4.30. The molecular weight excluding hydrogens is 282 g/mol. The smallest absolute Gasteiger partial charge is 0.339 e. The third-order valence-electron chi connectivity index (χ3n) is 2.85. The molecule has 0 unspecified atom stereocenters. The molecule has 104 valence electrons. The lowest BCUT2D eigenvalue weighted by atomic mass is 10.1. The molecule has 1 heterocycles. The van der Waals surface area contributed by atoms with E-state index in [0.29, 0.717) is 22.8 Å².